The van der Waals surface area contributed by atoms with Crippen LogP contribution >= 0.6 is 0 Å². The van der Waals surface area contributed by atoms with Gasteiger partial charge in [0.1, 0.15) is 12.1 Å². The molecule has 2 saturated heterocycles. The number of hydrogen-bond acceptors (Lipinski definition) is 4. The lowest BCUT2D eigenvalue weighted by molar-refractivity contribution is 0.577. The smallest absolute Gasteiger partial charge is 0.102 e. The van der Waals surface area contributed by atoms with Crippen molar-refractivity contribution in [1.82, 2.24) is 0 Å². The predicted molar refractivity (Wildman–Crippen MR) is 129 cm³/mol. The van der Waals surface area contributed by atoms with E-state index in [0.717, 1.165) is 60.7 Å². The Balaban J connectivity index is 0.000000176. The molecule has 0 N–H and O–H groups in total. The highest BCUT2D eigenvalue weighted by Gasteiger charge is 2.16. The summed E-state index contributed by atoms with van der Waals surface area (Å²) in [5.74, 6) is 0. The summed E-state index contributed by atoms with van der Waals surface area (Å²) in [5.41, 5.74) is 6.25. The van der Waals surface area contributed by atoms with Crippen LogP contribution in [-0.2, 0) is 6.42 Å². The van der Waals surface area contributed by atoms with Crippen molar-refractivity contribution in [2.24, 2.45) is 0 Å². The highest BCUT2D eigenvalue weighted by Crippen LogP contribution is 2.27. The highest BCUT2D eigenvalue weighted by atomic mass is 15.1. The van der Waals surface area contributed by atoms with E-state index in [9.17, 15) is 5.26 Å². The molecule has 4 rings (SSSR count). The summed E-state index contributed by atoms with van der Waals surface area (Å²) in [6.45, 7) is 8.50. The molecule has 0 aromatic heterocycles. The Morgan fingerprint density at radius 2 is 1.19 bits per heavy atom. The van der Waals surface area contributed by atoms with Crippen LogP contribution in [0.4, 0.5) is 11.4 Å². The van der Waals surface area contributed by atoms with E-state index in [4.69, 9.17) is 5.26 Å². The average Bonchev–Trinajstić information content (AvgIpc) is 2.84. The molecule has 0 spiro atoms. The molecule has 0 atom stereocenters. The van der Waals surface area contributed by atoms with E-state index in [2.05, 4.69) is 53.1 Å². The van der Waals surface area contributed by atoms with E-state index < -0.39 is 0 Å². The predicted octanol–water partition coefficient (Wildman–Crippen LogP) is 5.97. The van der Waals surface area contributed by atoms with E-state index >= 15 is 0 Å². The molecule has 0 radical (unpaired) electrons. The molecule has 0 bridgehead atoms. The zero-order chi connectivity index (χ0) is 22.1. The van der Waals surface area contributed by atoms with Crippen LogP contribution in [-0.4, -0.2) is 26.2 Å². The first-order chi connectivity index (χ1) is 15.2. The van der Waals surface area contributed by atoms with Crippen molar-refractivity contribution in [3.05, 3.63) is 58.7 Å². The van der Waals surface area contributed by atoms with E-state index in [-0.39, 0.29) is 0 Å². The van der Waals surface area contributed by atoms with Crippen LogP contribution in [0.1, 0.15) is 67.7 Å². The molecule has 2 aliphatic rings. The number of hydrogen-bond donors (Lipinski definition) is 0. The average molecular weight is 415 g/mol. The quantitative estimate of drug-likeness (QED) is 0.621. The number of rotatable bonds is 3. The molecule has 0 unspecified atom stereocenters. The van der Waals surface area contributed by atoms with Gasteiger partial charge in [-0.05, 0) is 75.1 Å². The number of aryl methyl sites for hydroxylation is 2. The zero-order valence-electron chi connectivity index (χ0n) is 19.0. The van der Waals surface area contributed by atoms with Gasteiger partial charge in [-0.3, -0.25) is 0 Å². The fraction of sp³-hybridized carbons (Fsp3) is 0.481. The minimum atomic E-state index is 0.847. The molecule has 0 amide bonds. The van der Waals surface area contributed by atoms with Crippen molar-refractivity contribution in [1.29, 1.82) is 10.5 Å². The fourth-order valence-electron chi connectivity index (χ4n) is 4.60. The molecule has 2 aromatic rings. The molecule has 162 valence electrons. The molecule has 2 fully saturated rings. The van der Waals surface area contributed by atoms with Crippen molar-refractivity contribution in [3.63, 3.8) is 0 Å². The van der Waals surface area contributed by atoms with E-state index in [1.165, 1.54) is 44.1 Å². The van der Waals surface area contributed by atoms with Gasteiger partial charge in [0.2, 0.25) is 0 Å². The number of benzene rings is 2. The summed E-state index contributed by atoms with van der Waals surface area (Å²) in [6, 6.07) is 17.0. The van der Waals surface area contributed by atoms with Gasteiger partial charge in [0.25, 0.3) is 0 Å². The molecule has 2 heterocycles. The minimum Gasteiger partial charge on any atom is -0.370 e. The first-order valence-electron chi connectivity index (χ1n) is 11.7. The first kappa shape index (κ1) is 22.7. The SMILES string of the molecule is CCc1cccc(N2CCCCC2)c1C#N.Cc1cccc(N2CCCCC2)c1C#N. The van der Waals surface area contributed by atoms with Gasteiger partial charge in [0.05, 0.1) is 22.5 Å². The zero-order valence-corrected chi connectivity index (χ0v) is 19.0. The van der Waals surface area contributed by atoms with Gasteiger partial charge in [0.15, 0.2) is 0 Å². The second-order valence-corrected chi connectivity index (χ2v) is 8.45. The van der Waals surface area contributed by atoms with Gasteiger partial charge >= 0.3 is 0 Å². The van der Waals surface area contributed by atoms with Crippen LogP contribution in [0.25, 0.3) is 0 Å². The first-order valence-corrected chi connectivity index (χ1v) is 11.7. The maximum Gasteiger partial charge on any atom is 0.102 e. The lowest BCUT2D eigenvalue weighted by atomic mass is 10.0. The summed E-state index contributed by atoms with van der Waals surface area (Å²) >= 11 is 0. The van der Waals surface area contributed by atoms with Crippen LogP contribution in [0.5, 0.6) is 0 Å². The van der Waals surface area contributed by atoms with Crippen molar-refractivity contribution in [2.45, 2.75) is 58.8 Å². The van der Waals surface area contributed by atoms with Gasteiger partial charge in [-0.15, -0.1) is 0 Å². The summed E-state index contributed by atoms with van der Waals surface area (Å²) in [4.78, 5) is 4.70. The Kier molecular flexibility index (Phi) is 8.36. The van der Waals surface area contributed by atoms with E-state index in [0.29, 0.717) is 0 Å². The van der Waals surface area contributed by atoms with Gasteiger partial charge in [-0.2, -0.15) is 10.5 Å². The maximum absolute atomic E-state index is 9.28. The van der Waals surface area contributed by atoms with Crippen LogP contribution in [0.15, 0.2) is 36.4 Å². The Morgan fingerprint density at radius 3 is 1.68 bits per heavy atom. The molecule has 2 aliphatic heterocycles. The Hall–Kier alpha value is -2.98. The van der Waals surface area contributed by atoms with Gasteiger partial charge < -0.3 is 9.80 Å². The summed E-state index contributed by atoms with van der Waals surface area (Å²) < 4.78 is 0. The Bertz CT molecular complexity index is 939. The number of nitrogens with zero attached hydrogens (tertiary/aromatic N) is 4. The van der Waals surface area contributed by atoms with Crippen molar-refractivity contribution < 1.29 is 0 Å². The number of piperidine rings is 2. The van der Waals surface area contributed by atoms with Crippen LogP contribution in [0.2, 0.25) is 0 Å². The molecule has 4 heteroatoms. The van der Waals surface area contributed by atoms with E-state index in [1.807, 2.05) is 19.1 Å². The van der Waals surface area contributed by atoms with Crippen molar-refractivity contribution >= 4 is 11.4 Å². The van der Waals surface area contributed by atoms with Crippen LogP contribution in [0.3, 0.4) is 0 Å². The third-order valence-corrected chi connectivity index (χ3v) is 6.38. The normalized spacial score (nSPS) is 16.0. The monoisotopic (exact) mass is 414 g/mol. The summed E-state index contributed by atoms with van der Waals surface area (Å²) in [5, 5.41) is 18.4. The van der Waals surface area contributed by atoms with E-state index in [1.54, 1.807) is 0 Å². The summed E-state index contributed by atoms with van der Waals surface area (Å²) in [7, 11) is 0. The third-order valence-electron chi connectivity index (χ3n) is 6.38. The standard InChI is InChI=1S/C14H18N2.C13H16N2/c1-2-12-7-6-8-14(13(12)11-15)16-9-4-3-5-10-16;1-11-6-5-7-13(12(11)10-14)15-8-3-2-4-9-15/h6-8H,2-5,9-10H2,1H3;5-7H,2-4,8-9H2,1H3. The molecule has 0 aliphatic carbocycles. The summed E-state index contributed by atoms with van der Waals surface area (Å²) in [6.07, 6.45) is 8.58. The largest absolute Gasteiger partial charge is 0.370 e. The molecular weight excluding hydrogens is 380 g/mol. The third kappa shape index (κ3) is 5.59. The fourth-order valence-corrected chi connectivity index (χ4v) is 4.60. The number of nitriles is 2. The van der Waals surface area contributed by atoms with Crippen LogP contribution in [0, 0.1) is 29.6 Å². The Morgan fingerprint density at radius 1 is 0.710 bits per heavy atom. The van der Waals surface area contributed by atoms with Crippen molar-refractivity contribution in [2.75, 3.05) is 36.0 Å². The maximum atomic E-state index is 9.28. The van der Waals surface area contributed by atoms with Gasteiger partial charge in [-0.1, -0.05) is 31.2 Å². The van der Waals surface area contributed by atoms with Gasteiger partial charge in [0, 0.05) is 26.2 Å². The second-order valence-electron chi connectivity index (χ2n) is 8.45. The molecule has 4 nitrogen and oxygen atoms in total. The van der Waals surface area contributed by atoms with Gasteiger partial charge in [-0.25, -0.2) is 0 Å². The molecule has 2 aromatic carbocycles. The van der Waals surface area contributed by atoms with Crippen LogP contribution < -0.4 is 9.80 Å². The second kappa shape index (κ2) is 11.4. The topological polar surface area (TPSA) is 54.1 Å². The molecule has 31 heavy (non-hydrogen) atoms. The van der Waals surface area contributed by atoms with Crippen molar-refractivity contribution in [3.8, 4) is 12.1 Å². The lowest BCUT2D eigenvalue weighted by Crippen LogP contribution is -2.30. The number of anilines is 2. The Labute approximate surface area is 187 Å². The molecule has 0 saturated carbocycles. The highest BCUT2D eigenvalue weighted by molar-refractivity contribution is 5.63. The minimum absolute atomic E-state index is 0.847. The molecular formula is C27H34N4. The lowest BCUT2D eigenvalue weighted by Gasteiger charge is -2.30.